The third kappa shape index (κ3) is 5.74. The molecule has 3 aliphatic rings. The third-order valence-corrected chi connectivity index (χ3v) is 9.13. The Morgan fingerprint density at radius 2 is 1.90 bits per heavy atom. The Morgan fingerprint density at radius 3 is 2.59 bits per heavy atom. The van der Waals surface area contributed by atoms with Gasteiger partial charge in [-0.1, -0.05) is 0 Å². The van der Waals surface area contributed by atoms with Gasteiger partial charge < -0.3 is 30.7 Å². The molecule has 0 radical (unpaired) electrons. The standard InChI is InChI=1S/C28H38N6O4S/c1-14-20(26-33-22-19(39-26)8-9-29-21(22)16-6-7-16)25(32-18-12-17(28(2,3)37)23(35)24(18)36)34-27(31-14)30-10-11-38-13-15-4-5-15/h8-9,15-18,23-24,35-37H,4-7,10-13H2,1-3H3,(H2,30,31,32,34). The van der Waals surface area contributed by atoms with E-state index in [-0.39, 0.29) is 0 Å². The van der Waals surface area contributed by atoms with Crippen molar-refractivity contribution in [3.05, 3.63) is 23.7 Å². The largest absolute Gasteiger partial charge is 0.390 e. The van der Waals surface area contributed by atoms with Crippen LogP contribution in [0.1, 0.15) is 63.3 Å². The lowest BCUT2D eigenvalue weighted by atomic mass is 9.88. The molecular weight excluding hydrogens is 516 g/mol. The van der Waals surface area contributed by atoms with Gasteiger partial charge in [-0.15, -0.1) is 11.3 Å². The molecule has 11 heteroatoms. The number of fused-ring (bicyclic) bond motifs is 1. The van der Waals surface area contributed by atoms with E-state index >= 15 is 0 Å². The fraction of sp³-hybridized carbons (Fsp3) is 0.643. The molecular formula is C28H38N6O4S. The lowest BCUT2D eigenvalue weighted by molar-refractivity contribution is -0.0601. The van der Waals surface area contributed by atoms with Gasteiger partial charge in [0, 0.05) is 31.2 Å². The van der Waals surface area contributed by atoms with Gasteiger partial charge in [0.15, 0.2) is 0 Å². The molecule has 3 fully saturated rings. The van der Waals surface area contributed by atoms with Gasteiger partial charge in [0.1, 0.15) is 22.4 Å². The molecule has 210 valence electrons. The summed E-state index contributed by atoms with van der Waals surface area (Å²) in [6, 6.07) is 1.49. The van der Waals surface area contributed by atoms with E-state index in [1.165, 1.54) is 12.8 Å². The van der Waals surface area contributed by atoms with Crippen molar-refractivity contribution in [2.75, 3.05) is 30.4 Å². The summed E-state index contributed by atoms with van der Waals surface area (Å²) in [6.07, 6.45) is 4.93. The molecule has 3 aromatic rings. The zero-order chi connectivity index (χ0) is 27.3. The molecule has 4 atom stereocenters. The molecule has 0 bridgehead atoms. The summed E-state index contributed by atoms with van der Waals surface area (Å²) in [6.45, 7) is 7.20. The van der Waals surface area contributed by atoms with E-state index in [1.54, 1.807) is 25.2 Å². The molecule has 5 N–H and O–H groups in total. The van der Waals surface area contributed by atoms with Gasteiger partial charge in [-0.05, 0) is 64.9 Å². The Balaban J connectivity index is 1.31. The molecule has 0 amide bonds. The first-order chi connectivity index (χ1) is 18.7. The predicted molar refractivity (Wildman–Crippen MR) is 151 cm³/mol. The van der Waals surface area contributed by atoms with Gasteiger partial charge in [0.2, 0.25) is 5.95 Å². The van der Waals surface area contributed by atoms with E-state index < -0.39 is 29.8 Å². The summed E-state index contributed by atoms with van der Waals surface area (Å²) < 4.78 is 6.82. The number of aryl methyl sites for hydroxylation is 1. The van der Waals surface area contributed by atoms with Crippen LogP contribution in [-0.4, -0.2) is 78.9 Å². The monoisotopic (exact) mass is 554 g/mol. The number of nitrogens with one attached hydrogen (secondary N) is 2. The number of aliphatic hydroxyl groups is 3. The number of nitrogens with zero attached hydrogens (tertiary/aromatic N) is 4. The highest BCUT2D eigenvalue weighted by atomic mass is 32.1. The van der Waals surface area contributed by atoms with Crippen LogP contribution in [0.4, 0.5) is 11.8 Å². The van der Waals surface area contributed by atoms with Crippen molar-refractivity contribution in [2.24, 2.45) is 11.8 Å². The van der Waals surface area contributed by atoms with E-state index in [0.717, 1.165) is 51.6 Å². The van der Waals surface area contributed by atoms with Crippen LogP contribution in [0.3, 0.4) is 0 Å². The normalized spacial score (nSPS) is 25.4. The average molecular weight is 555 g/mol. The van der Waals surface area contributed by atoms with Crippen LogP contribution in [0.2, 0.25) is 0 Å². The zero-order valence-electron chi connectivity index (χ0n) is 22.7. The van der Waals surface area contributed by atoms with Crippen LogP contribution in [0.15, 0.2) is 12.3 Å². The number of aliphatic hydroxyl groups excluding tert-OH is 2. The summed E-state index contributed by atoms with van der Waals surface area (Å²) in [5.41, 5.74) is 2.37. The number of rotatable bonds is 11. The highest BCUT2D eigenvalue weighted by Crippen LogP contribution is 2.45. The molecule has 39 heavy (non-hydrogen) atoms. The molecule has 3 saturated carbocycles. The van der Waals surface area contributed by atoms with Gasteiger partial charge in [0.05, 0.1) is 46.0 Å². The SMILES string of the molecule is Cc1nc(NCCOCC2CC2)nc(NC2CC(C(C)(C)O)C(O)C2O)c1-c1nc2c(C3CC3)nccc2s1. The predicted octanol–water partition coefficient (Wildman–Crippen LogP) is 3.47. The second-order valence-electron chi connectivity index (χ2n) is 11.9. The fourth-order valence-corrected chi connectivity index (χ4v) is 6.54. The zero-order valence-corrected chi connectivity index (χ0v) is 23.5. The maximum atomic E-state index is 10.9. The minimum atomic E-state index is -1.13. The number of aromatic nitrogens is 4. The quantitative estimate of drug-likeness (QED) is 0.223. The van der Waals surface area contributed by atoms with Crippen LogP contribution in [-0.2, 0) is 4.74 Å². The van der Waals surface area contributed by atoms with Crippen LogP contribution >= 0.6 is 11.3 Å². The van der Waals surface area contributed by atoms with E-state index in [2.05, 4.69) is 15.6 Å². The van der Waals surface area contributed by atoms with E-state index in [9.17, 15) is 15.3 Å². The number of hydrogen-bond acceptors (Lipinski definition) is 11. The van der Waals surface area contributed by atoms with Crippen molar-refractivity contribution < 1.29 is 20.1 Å². The molecule has 0 aromatic carbocycles. The van der Waals surface area contributed by atoms with Crippen molar-refractivity contribution in [3.63, 3.8) is 0 Å². The Labute approximate surface area is 232 Å². The smallest absolute Gasteiger partial charge is 0.224 e. The van der Waals surface area contributed by atoms with Crippen molar-refractivity contribution in [1.82, 2.24) is 19.9 Å². The first-order valence-corrected chi connectivity index (χ1v) is 14.8. The summed E-state index contributed by atoms with van der Waals surface area (Å²) in [5.74, 6) is 1.70. The van der Waals surface area contributed by atoms with Crippen molar-refractivity contribution in [1.29, 1.82) is 0 Å². The topological polar surface area (TPSA) is 146 Å². The van der Waals surface area contributed by atoms with E-state index in [1.807, 2.05) is 19.2 Å². The molecule has 3 aromatic heterocycles. The first-order valence-electron chi connectivity index (χ1n) is 14.0. The lowest BCUT2D eigenvalue weighted by Crippen LogP contribution is -2.40. The van der Waals surface area contributed by atoms with Crippen molar-refractivity contribution in [3.8, 4) is 10.6 Å². The van der Waals surface area contributed by atoms with Crippen molar-refractivity contribution >= 4 is 33.3 Å². The Morgan fingerprint density at radius 1 is 1.10 bits per heavy atom. The molecule has 0 saturated heterocycles. The number of thiazole rings is 1. The second kappa shape index (κ2) is 10.5. The van der Waals surface area contributed by atoms with Gasteiger partial charge in [-0.25, -0.2) is 9.97 Å². The van der Waals surface area contributed by atoms with Crippen molar-refractivity contribution in [2.45, 2.75) is 82.6 Å². The molecule has 0 aliphatic heterocycles. The van der Waals surface area contributed by atoms with Crippen LogP contribution < -0.4 is 10.6 Å². The highest BCUT2D eigenvalue weighted by Gasteiger charge is 2.48. The lowest BCUT2D eigenvalue weighted by Gasteiger charge is -2.28. The van der Waals surface area contributed by atoms with Crippen LogP contribution in [0.25, 0.3) is 20.8 Å². The molecule has 3 aliphatic carbocycles. The number of hydrogen-bond donors (Lipinski definition) is 5. The van der Waals surface area contributed by atoms with Gasteiger partial charge in [-0.3, -0.25) is 4.98 Å². The number of ether oxygens (including phenoxy) is 1. The van der Waals surface area contributed by atoms with E-state index in [0.29, 0.717) is 43.2 Å². The molecule has 4 unspecified atom stereocenters. The fourth-order valence-electron chi connectivity index (χ4n) is 5.47. The Kier molecular flexibility index (Phi) is 7.22. The Hall–Kier alpha value is -2.44. The van der Waals surface area contributed by atoms with Gasteiger partial charge in [-0.2, -0.15) is 4.98 Å². The molecule has 10 nitrogen and oxygen atoms in total. The first kappa shape index (κ1) is 26.8. The van der Waals surface area contributed by atoms with Crippen LogP contribution in [0.5, 0.6) is 0 Å². The average Bonchev–Trinajstić information content (AvgIpc) is 3.81. The number of pyridine rings is 1. The van der Waals surface area contributed by atoms with E-state index in [4.69, 9.17) is 19.7 Å². The third-order valence-electron chi connectivity index (χ3n) is 8.10. The summed E-state index contributed by atoms with van der Waals surface area (Å²) >= 11 is 1.58. The summed E-state index contributed by atoms with van der Waals surface area (Å²) in [4.78, 5) is 19.2. The Bertz CT molecular complexity index is 1340. The minimum absolute atomic E-state index is 0.391. The van der Waals surface area contributed by atoms with Crippen LogP contribution in [0, 0.1) is 18.8 Å². The molecule has 6 rings (SSSR count). The molecule has 3 heterocycles. The maximum Gasteiger partial charge on any atom is 0.224 e. The van der Waals surface area contributed by atoms with Gasteiger partial charge in [0.25, 0.3) is 0 Å². The minimum Gasteiger partial charge on any atom is -0.390 e. The summed E-state index contributed by atoms with van der Waals surface area (Å²) in [5, 5.41) is 39.6. The highest BCUT2D eigenvalue weighted by molar-refractivity contribution is 7.21. The maximum absolute atomic E-state index is 10.9. The summed E-state index contributed by atoms with van der Waals surface area (Å²) in [7, 11) is 0. The molecule has 0 spiro atoms. The second-order valence-corrected chi connectivity index (χ2v) is 12.9. The number of anilines is 2. The van der Waals surface area contributed by atoms with Gasteiger partial charge >= 0.3 is 0 Å².